The summed E-state index contributed by atoms with van der Waals surface area (Å²) in [6.07, 6.45) is 0.0995. The molecule has 226 valence electrons. The van der Waals surface area contributed by atoms with Gasteiger partial charge < -0.3 is 44.6 Å². The first-order valence-electron chi connectivity index (χ1n) is 13.6. The number of carbonyl (C=O) groups is 3. The molecule has 0 spiro atoms. The van der Waals surface area contributed by atoms with Crippen LogP contribution >= 0.6 is 0 Å². The van der Waals surface area contributed by atoms with Crippen molar-refractivity contribution in [3.05, 3.63) is 96.1 Å². The van der Waals surface area contributed by atoms with Gasteiger partial charge in [-0.05, 0) is 22.3 Å². The Bertz CT molecular complexity index is 1410. The molecule has 43 heavy (non-hydrogen) atoms. The van der Waals surface area contributed by atoms with Gasteiger partial charge in [-0.15, -0.1) is 0 Å². The summed E-state index contributed by atoms with van der Waals surface area (Å²) in [7, 11) is 0. The molecule has 3 rings (SSSR count). The second-order valence-electron chi connectivity index (χ2n) is 9.73. The van der Waals surface area contributed by atoms with Gasteiger partial charge in [0.05, 0.1) is 13.1 Å². The second-order valence-corrected chi connectivity index (χ2v) is 9.73. The van der Waals surface area contributed by atoms with Crippen LogP contribution in [-0.2, 0) is 27.3 Å². The van der Waals surface area contributed by atoms with E-state index < -0.39 is 35.8 Å². The lowest BCUT2D eigenvalue weighted by molar-refractivity contribution is -0.132. The number of amides is 3. The Labute approximate surface area is 250 Å². The van der Waals surface area contributed by atoms with Gasteiger partial charge >= 0.3 is 0 Å². The van der Waals surface area contributed by atoms with Crippen molar-refractivity contribution < 1.29 is 14.4 Å². The highest BCUT2D eigenvalue weighted by Gasteiger charge is 2.28. The maximum Gasteiger partial charge on any atom is 0.244 e. The number of hydrogen-bond acceptors (Lipinski definition) is 6. The van der Waals surface area contributed by atoms with Crippen LogP contribution in [0.3, 0.4) is 0 Å². The Hall–Kier alpha value is -5.43. The van der Waals surface area contributed by atoms with E-state index in [0.717, 1.165) is 22.3 Å². The molecule has 0 radical (unpaired) electrons. The molecule has 0 aliphatic rings. The van der Waals surface area contributed by atoms with Gasteiger partial charge in [-0.2, -0.15) is 0 Å². The smallest absolute Gasteiger partial charge is 0.244 e. The molecular weight excluding hydrogens is 548 g/mol. The highest BCUT2D eigenvalue weighted by Crippen LogP contribution is 2.20. The first-order chi connectivity index (χ1) is 20.6. The van der Waals surface area contributed by atoms with Crippen LogP contribution in [0.25, 0.3) is 11.1 Å². The van der Waals surface area contributed by atoms with E-state index in [4.69, 9.17) is 28.7 Å². The van der Waals surface area contributed by atoms with Crippen molar-refractivity contribution in [1.29, 1.82) is 0 Å². The van der Waals surface area contributed by atoms with Crippen molar-refractivity contribution >= 4 is 29.6 Å². The van der Waals surface area contributed by atoms with E-state index >= 15 is 0 Å². The van der Waals surface area contributed by atoms with Crippen molar-refractivity contribution in [3.8, 4) is 11.1 Å². The van der Waals surface area contributed by atoms with Crippen LogP contribution in [0.5, 0.6) is 0 Å². The van der Waals surface area contributed by atoms with Crippen molar-refractivity contribution in [1.82, 2.24) is 16.0 Å². The average molecular weight is 587 g/mol. The first kappa shape index (κ1) is 32.1. The van der Waals surface area contributed by atoms with Gasteiger partial charge in [-0.3, -0.25) is 24.4 Å². The number of nitrogens with two attached hydrogens (primary N) is 5. The van der Waals surface area contributed by atoms with Crippen molar-refractivity contribution in [2.75, 3.05) is 13.1 Å². The van der Waals surface area contributed by atoms with E-state index in [1.54, 1.807) is 0 Å². The van der Waals surface area contributed by atoms with Crippen molar-refractivity contribution in [2.45, 2.75) is 31.1 Å². The SMILES string of the molecule is NC(N)=NC[C@H](NC(=O)[C@H](Cc1ccc(-c2ccccc2)cc1)NC(=O)[C@@H](N)CN=C(N)N)C(=O)NCc1ccccc1. The summed E-state index contributed by atoms with van der Waals surface area (Å²) in [6.45, 7) is -0.171. The quantitative estimate of drug-likeness (QED) is 0.0863. The number of nitrogens with one attached hydrogen (secondary N) is 3. The molecule has 0 saturated heterocycles. The van der Waals surface area contributed by atoms with Gasteiger partial charge in [0.25, 0.3) is 0 Å². The number of guanidine groups is 2. The number of nitrogens with zero attached hydrogens (tertiary/aromatic N) is 2. The van der Waals surface area contributed by atoms with Crippen LogP contribution in [0.2, 0.25) is 0 Å². The lowest BCUT2D eigenvalue weighted by atomic mass is 10.00. The molecule has 0 aliphatic carbocycles. The molecule has 0 aliphatic heterocycles. The largest absolute Gasteiger partial charge is 0.370 e. The Morgan fingerprint density at radius 3 is 1.74 bits per heavy atom. The molecule has 0 aromatic heterocycles. The molecule has 0 bridgehead atoms. The summed E-state index contributed by atoms with van der Waals surface area (Å²) in [5.41, 5.74) is 31.3. The fourth-order valence-corrected chi connectivity index (χ4v) is 4.05. The number of hydrogen-bond donors (Lipinski definition) is 8. The van der Waals surface area contributed by atoms with E-state index in [0.29, 0.717) is 0 Å². The van der Waals surface area contributed by atoms with Gasteiger partial charge in [-0.1, -0.05) is 84.9 Å². The van der Waals surface area contributed by atoms with Gasteiger partial charge in [0, 0.05) is 13.0 Å². The van der Waals surface area contributed by atoms with Crippen LogP contribution in [0.4, 0.5) is 0 Å². The molecule has 0 fully saturated rings. The molecule has 3 aromatic carbocycles. The maximum atomic E-state index is 13.6. The molecule has 13 N–H and O–H groups in total. The minimum atomic E-state index is -1.13. The molecule has 0 heterocycles. The van der Waals surface area contributed by atoms with E-state index in [1.807, 2.05) is 84.9 Å². The predicted octanol–water partition coefficient (Wildman–Crippen LogP) is -0.944. The van der Waals surface area contributed by atoms with Gasteiger partial charge in [0.15, 0.2) is 11.9 Å². The Kier molecular flexibility index (Phi) is 12.0. The fourth-order valence-electron chi connectivity index (χ4n) is 4.05. The highest BCUT2D eigenvalue weighted by atomic mass is 16.2. The zero-order valence-corrected chi connectivity index (χ0v) is 23.6. The minimum absolute atomic E-state index is 0.0995. The highest BCUT2D eigenvalue weighted by molar-refractivity contribution is 5.93. The zero-order chi connectivity index (χ0) is 31.2. The molecular formula is C30H38N10O3. The van der Waals surface area contributed by atoms with Crippen LogP contribution in [0, 0.1) is 0 Å². The Balaban J connectivity index is 1.79. The van der Waals surface area contributed by atoms with E-state index in [-0.39, 0.29) is 38.0 Å². The number of carbonyl (C=O) groups excluding carboxylic acids is 3. The molecule has 3 atom stereocenters. The molecule has 13 nitrogen and oxygen atoms in total. The summed E-state index contributed by atoms with van der Waals surface area (Å²) < 4.78 is 0. The normalized spacial score (nSPS) is 12.6. The molecule has 3 amide bonds. The summed E-state index contributed by atoms with van der Waals surface area (Å²) in [6, 6.07) is 23.3. The van der Waals surface area contributed by atoms with Crippen LogP contribution < -0.4 is 44.6 Å². The van der Waals surface area contributed by atoms with E-state index in [9.17, 15) is 14.4 Å². The lowest BCUT2D eigenvalue weighted by Crippen LogP contribution is -2.57. The van der Waals surface area contributed by atoms with Crippen LogP contribution in [-0.4, -0.2) is 60.9 Å². The maximum absolute atomic E-state index is 13.6. The lowest BCUT2D eigenvalue weighted by Gasteiger charge is -2.23. The van der Waals surface area contributed by atoms with Crippen molar-refractivity contribution in [2.24, 2.45) is 38.7 Å². The Morgan fingerprint density at radius 2 is 1.14 bits per heavy atom. The second kappa shape index (κ2) is 16.1. The first-order valence-corrected chi connectivity index (χ1v) is 13.6. The third-order valence-electron chi connectivity index (χ3n) is 6.34. The summed E-state index contributed by atoms with van der Waals surface area (Å²) in [4.78, 5) is 47.2. The predicted molar refractivity (Wildman–Crippen MR) is 167 cm³/mol. The molecule has 13 heteroatoms. The fraction of sp³-hybridized carbons (Fsp3) is 0.233. The van der Waals surface area contributed by atoms with Crippen LogP contribution in [0.15, 0.2) is 94.9 Å². The Morgan fingerprint density at radius 1 is 0.605 bits per heavy atom. The molecule has 3 aromatic rings. The van der Waals surface area contributed by atoms with Gasteiger partial charge in [0.1, 0.15) is 18.1 Å². The van der Waals surface area contributed by atoms with E-state index in [1.165, 1.54) is 0 Å². The number of aliphatic imine (C=N–C) groups is 2. The molecule has 0 saturated carbocycles. The van der Waals surface area contributed by atoms with Crippen LogP contribution in [0.1, 0.15) is 11.1 Å². The van der Waals surface area contributed by atoms with Crippen molar-refractivity contribution in [3.63, 3.8) is 0 Å². The molecule has 0 unspecified atom stereocenters. The van der Waals surface area contributed by atoms with Gasteiger partial charge in [-0.25, -0.2) is 0 Å². The summed E-state index contributed by atoms with van der Waals surface area (Å²) >= 11 is 0. The number of benzene rings is 3. The summed E-state index contributed by atoms with van der Waals surface area (Å²) in [5.74, 6) is -2.27. The topological polar surface area (TPSA) is 242 Å². The standard InChI is InChI=1S/C30H38N10O3/c31-23(17-37-29(32)33)26(41)39-24(15-19-11-13-22(14-12-19)21-9-5-2-6-10-21)28(43)40-25(18-38-30(34)35)27(42)36-16-20-7-3-1-4-8-20/h1-14,23-25H,15-18,31H2,(H,36,42)(H,39,41)(H,40,43)(H4,32,33,37)(H4,34,35,38)/t23-,24-,25-/m0/s1. The summed E-state index contributed by atoms with van der Waals surface area (Å²) in [5, 5.41) is 8.10. The monoisotopic (exact) mass is 586 g/mol. The third-order valence-corrected chi connectivity index (χ3v) is 6.34. The average Bonchev–Trinajstić information content (AvgIpc) is 3.01. The third kappa shape index (κ3) is 10.8. The number of rotatable bonds is 14. The van der Waals surface area contributed by atoms with E-state index in [2.05, 4.69) is 25.9 Å². The zero-order valence-electron chi connectivity index (χ0n) is 23.6. The minimum Gasteiger partial charge on any atom is -0.370 e. The van der Waals surface area contributed by atoms with Gasteiger partial charge in [0.2, 0.25) is 17.7 Å².